The fourth-order valence-electron chi connectivity index (χ4n) is 2.24. The molecule has 0 radical (unpaired) electrons. The van der Waals surface area contributed by atoms with Crippen molar-refractivity contribution in [3.63, 3.8) is 0 Å². The zero-order chi connectivity index (χ0) is 13.9. The smallest absolute Gasteiger partial charge is 0.0576 e. The molecule has 0 aliphatic rings. The Hall–Kier alpha value is -0.470. The van der Waals surface area contributed by atoms with E-state index in [1.54, 1.807) is 0 Å². The van der Waals surface area contributed by atoms with E-state index in [2.05, 4.69) is 38.1 Å². The third-order valence-electron chi connectivity index (χ3n) is 3.63. The molecule has 0 heterocycles. The van der Waals surface area contributed by atoms with Crippen LogP contribution >= 0.6 is 11.8 Å². The molecule has 0 aliphatic heterocycles. The number of benzene rings is 1. The van der Waals surface area contributed by atoms with Gasteiger partial charge in [-0.15, -0.1) is 11.8 Å². The van der Waals surface area contributed by atoms with Crippen LogP contribution in [0, 0.1) is 5.92 Å². The summed E-state index contributed by atoms with van der Waals surface area (Å²) in [7, 11) is 0. The van der Waals surface area contributed by atoms with Crippen molar-refractivity contribution in [2.45, 2.75) is 63.4 Å². The second-order valence-electron chi connectivity index (χ2n) is 5.21. The standard InChI is InChI=1S/C17H28OS/c1-3-5-6-10-13-17(18)15(4-2)14-19-16-11-8-7-9-12-16/h7-9,11-12,15,17-18H,3-6,10,13-14H2,1-2H3/t15-,17-/m1/s1. The minimum Gasteiger partial charge on any atom is -0.393 e. The van der Waals surface area contributed by atoms with Crippen LogP contribution in [0.5, 0.6) is 0 Å². The van der Waals surface area contributed by atoms with Crippen molar-refractivity contribution >= 4 is 11.8 Å². The second kappa shape index (κ2) is 10.3. The van der Waals surface area contributed by atoms with Crippen LogP contribution in [-0.4, -0.2) is 17.0 Å². The highest BCUT2D eigenvalue weighted by atomic mass is 32.2. The zero-order valence-electron chi connectivity index (χ0n) is 12.3. The molecule has 0 saturated carbocycles. The summed E-state index contributed by atoms with van der Waals surface area (Å²) in [6, 6.07) is 10.5. The summed E-state index contributed by atoms with van der Waals surface area (Å²) in [5.41, 5.74) is 0. The molecule has 1 nitrogen and oxygen atoms in total. The molecule has 0 spiro atoms. The van der Waals surface area contributed by atoms with Gasteiger partial charge in [-0.05, 0) is 24.5 Å². The largest absolute Gasteiger partial charge is 0.393 e. The van der Waals surface area contributed by atoms with Crippen LogP contribution in [0.1, 0.15) is 52.4 Å². The van der Waals surface area contributed by atoms with Crippen LogP contribution in [0.25, 0.3) is 0 Å². The molecule has 1 rings (SSSR count). The van der Waals surface area contributed by atoms with Crippen molar-refractivity contribution < 1.29 is 5.11 Å². The molecule has 0 fully saturated rings. The van der Waals surface area contributed by atoms with E-state index in [4.69, 9.17) is 0 Å². The Labute approximate surface area is 122 Å². The molecular weight excluding hydrogens is 252 g/mol. The lowest BCUT2D eigenvalue weighted by Crippen LogP contribution is -2.21. The van der Waals surface area contributed by atoms with Crippen LogP contribution in [0.4, 0.5) is 0 Å². The van der Waals surface area contributed by atoms with Gasteiger partial charge in [0.2, 0.25) is 0 Å². The molecule has 108 valence electrons. The highest BCUT2D eigenvalue weighted by molar-refractivity contribution is 7.99. The third-order valence-corrected chi connectivity index (χ3v) is 4.83. The number of hydrogen-bond acceptors (Lipinski definition) is 2. The van der Waals surface area contributed by atoms with Gasteiger partial charge in [0.25, 0.3) is 0 Å². The number of thioether (sulfide) groups is 1. The SMILES string of the molecule is CCCCCC[C@@H](O)[C@H](CC)CSc1ccccc1. The van der Waals surface area contributed by atoms with Crippen LogP contribution in [0.3, 0.4) is 0 Å². The maximum absolute atomic E-state index is 10.3. The average molecular weight is 280 g/mol. The number of hydrogen-bond donors (Lipinski definition) is 1. The lowest BCUT2D eigenvalue weighted by Gasteiger charge is -2.21. The van der Waals surface area contributed by atoms with Gasteiger partial charge in [0.1, 0.15) is 0 Å². The van der Waals surface area contributed by atoms with Gasteiger partial charge < -0.3 is 5.11 Å². The van der Waals surface area contributed by atoms with Gasteiger partial charge in [0.15, 0.2) is 0 Å². The summed E-state index contributed by atoms with van der Waals surface area (Å²) in [4.78, 5) is 1.30. The molecule has 0 aromatic heterocycles. The summed E-state index contributed by atoms with van der Waals surface area (Å²) < 4.78 is 0. The first-order valence-electron chi connectivity index (χ1n) is 7.63. The highest BCUT2D eigenvalue weighted by Crippen LogP contribution is 2.25. The highest BCUT2D eigenvalue weighted by Gasteiger charge is 2.17. The van der Waals surface area contributed by atoms with Crippen molar-refractivity contribution in [1.29, 1.82) is 0 Å². The topological polar surface area (TPSA) is 20.2 Å². The number of rotatable bonds is 10. The Kier molecular flexibility index (Phi) is 9.02. The van der Waals surface area contributed by atoms with E-state index < -0.39 is 0 Å². The van der Waals surface area contributed by atoms with Crippen molar-refractivity contribution in [1.82, 2.24) is 0 Å². The van der Waals surface area contributed by atoms with Gasteiger partial charge >= 0.3 is 0 Å². The molecule has 1 aromatic carbocycles. The van der Waals surface area contributed by atoms with Crippen molar-refractivity contribution in [3.8, 4) is 0 Å². The Morgan fingerprint density at radius 3 is 2.42 bits per heavy atom. The summed E-state index contributed by atoms with van der Waals surface area (Å²) >= 11 is 1.87. The van der Waals surface area contributed by atoms with Crippen LogP contribution < -0.4 is 0 Å². The van der Waals surface area contributed by atoms with E-state index >= 15 is 0 Å². The minimum atomic E-state index is -0.127. The van der Waals surface area contributed by atoms with Gasteiger partial charge in [-0.1, -0.05) is 64.2 Å². The van der Waals surface area contributed by atoms with Crippen LogP contribution in [-0.2, 0) is 0 Å². The van der Waals surface area contributed by atoms with E-state index in [9.17, 15) is 5.11 Å². The quantitative estimate of drug-likeness (QED) is 0.473. The Balaban J connectivity index is 2.27. The van der Waals surface area contributed by atoms with Gasteiger partial charge in [-0.3, -0.25) is 0 Å². The average Bonchev–Trinajstić information content (AvgIpc) is 2.45. The van der Waals surface area contributed by atoms with Crippen LogP contribution in [0.2, 0.25) is 0 Å². The molecule has 0 saturated heterocycles. The van der Waals surface area contributed by atoms with Gasteiger partial charge in [0, 0.05) is 10.6 Å². The zero-order valence-corrected chi connectivity index (χ0v) is 13.2. The molecule has 0 aliphatic carbocycles. The Morgan fingerprint density at radius 1 is 1.05 bits per heavy atom. The molecule has 19 heavy (non-hydrogen) atoms. The predicted molar refractivity (Wildman–Crippen MR) is 85.7 cm³/mol. The first kappa shape index (κ1) is 16.6. The van der Waals surface area contributed by atoms with Crippen molar-refractivity contribution in [3.05, 3.63) is 30.3 Å². The van der Waals surface area contributed by atoms with Gasteiger partial charge in [-0.2, -0.15) is 0 Å². The van der Waals surface area contributed by atoms with Crippen LogP contribution in [0.15, 0.2) is 35.2 Å². The fourth-order valence-corrected chi connectivity index (χ4v) is 3.45. The van der Waals surface area contributed by atoms with E-state index in [1.807, 2.05) is 17.8 Å². The molecule has 0 unspecified atom stereocenters. The Bertz CT molecular complexity index is 312. The van der Waals surface area contributed by atoms with Gasteiger partial charge in [0.05, 0.1) is 6.10 Å². The van der Waals surface area contributed by atoms with E-state index in [0.717, 1.165) is 18.6 Å². The van der Waals surface area contributed by atoms with E-state index in [-0.39, 0.29) is 6.10 Å². The summed E-state index contributed by atoms with van der Waals surface area (Å²) in [6.45, 7) is 4.41. The lowest BCUT2D eigenvalue weighted by molar-refractivity contribution is 0.105. The summed E-state index contributed by atoms with van der Waals surface area (Å²) in [5.74, 6) is 1.45. The van der Waals surface area contributed by atoms with Gasteiger partial charge in [-0.25, -0.2) is 0 Å². The normalized spacial score (nSPS) is 14.3. The Morgan fingerprint density at radius 2 is 1.79 bits per heavy atom. The third kappa shape index (κ3) is 7.03. The lowest BCUT2D eigenvalue weighted by atomic mass is 9.96. The number of unbranched alkanes of at least 4 members (excludes halogenated alkanes) is 3. The fraction of sp³-hybridized carbons (Fsp3) is 0.647. The molecular formula is C17H28OS. The maximum Gasteiger partial charge on any atom is 0.0576 e. The van der Waals surface area contributed by atoms with Crippen molar-refractivity contribution in [2.75, 3.05) is 5.75 Å². The molecule has 1 N–H and O–H groups in total. The van der Waals surface area contributed by atoms with Crippen molar-refractivity contribution in [2.24, 2.45) is 5.92 Å². The monoisotopic (exact) mass is 280 g/mol. The molecule has 0 bridgehead atoms. The first-order chi connectivity index (χ1) is 9.27. The summed E-state index contributed by atoms with van der Waals surface area (Å²) in [6.07, 6.45) is 6.89. The predicted octanol–water partition coefficient (Wildman–Crippen LogP) is 5.14. The number of aliphatic hydroxyl groups excluding tert-OH is 1. The first-order valence-corrected chi connectivity index (χ1v) is 8.62. The second-order valence-corrected chi connectivity index (χ2v) is 6.30. The number of aliphatic hydroxyl groups is 1. The molecule has 2 heteroatoms. The minimum absolute atomic E-state index is 0.127. The molecule has 2 atom stereocenters. The summed E-state index contributed by atoms with van der Waals surface area (Å²) in [5, 5.41) is 10.3. The molecule has 1 aromatic rings. The van der Waals surface area contributed by atoms with E-state index in [1.165, 1.54) is 30.6 Å². The van der Waals surface area contributed by atoms with E-state index in [0.29, 0.717) is 5.92 Å². The maximum atomic E-state index is 10.3. The molecule has 0 amide bonds.